The molecular formula is C15H32N4O. The monoisotopic (exact) mass is 284 g/mol. The van der Waals surface area contributed by atoms with Gasteiger partial charge in [-0.15, -0.1) is 0 Å². The number of likely N-dealkylation sites (N-methyl/N-ethyl adjacent to an activating group) is 1. The Hall–Kier alpha value is -0.810. The molecule has 0 aromatic rings. The molecule has 2 N–H and O–H groups in total. The first kappa shape index (κ1) is 17.2. The summed E-state index contributed by atoms with van der Waals surface area (Å²) >= 11 is 0. The molecule has 1 fully saturated rings. The fourth-order valence-electron chi connectivity index (χ4n) is 2.06. The molecule has 0 aromatic carbocycles. The molecule has 5 nitrogen and oxygen atoms in total. The first-order valence-electron chi connectivity index (χ1n) is 7.96. The molecule has 0 heterocycles. The van der Waals surface area contributed by atoms with Gasteiger partial charge in [0.2, 0.25) is 0 Å². The number of hydrogen-bond donors (Lipinski definition) is 2. The number of hydrogen-bond acceptors (Lipinski definition) is 3. The number of nitrogens with zero attached hydrogens (tertiary/aromatic N) is 2. The van der Waals surface area contributed by atoms with E-state index < -0.39 is 0 Å². The molecule has 118 valence electrons. The minimum atomic E-state index is 0.836. The summed E-state index contributed by atoms with van der Waals surface area (Å²) in [6.07, 6.45) is 5.15. The van der Waals surface area contributed by atoms with E-state index in [1.807, 2.05) is 0 Å². The first-order valence-corrected chi connectivity index (χ1v) is 7.96. The molecule has 20 heavy (non-hydrogen) atoms. The maximum absolute atomic E-state index is 5.06. The Balaban J connectivity index is 2.10. The number of aliphatic imine (C=N–C) groups is 1. The van der Waals surface area contributed by atoms with Crippen LogP contribution in [-0.2, 0) is 4.74 Å². The fraction of sp³-hybridized carbons (Fsp3) is 0.933. The zero-order valence-corrected chi connectivity index (χ0v) is 13.5. The summed E-state index contributed by atoms with van der Waals surface area (Å²) in [5.74, 6) is 1.91. The molecule has 0 amide bonds. The number of ether oxygens (including phenoxy) is 1. The Bertz CT molecular complexity index is 267. The Kier molecular flexibility index (Phi) is 9.41. The molecule has 5 heteroatoms. The molecule has 1 rings (SSSR count). The van der Waals surface area contributed by atoms with Gasteiger partial charge in [0.1, 0.15) is 0 Å². The van der Waals surface area contributed by atoms with Gasteiger partial charge in [-0.2, -0.15) is 0 Å². The van der Waals surface area contributed by atoms with Crippen molar-refractivity contribution in [1.29, 1.82) is 0 Å². The predicted octanol–water partition coefficient (Wildman–Crippen LogP) is 1.31. The molecule has 1 aliphatic carbocycles. The van der Waals surface area contributed by atoms with E-state index in [1.165, 1.54) is 19.3 Å². The van der Waals surface area contributed by atoms with Crippen molar-refractivity contribution in [2.75, 3.05) is 53.5 Å². The highest BCUT2D eigenvalue weighted by Gasteiger charge is 2.20. The summed E-state index contributed by atoms with van der Waals surface area (Å²) in [5, 5.41) is 6.71. The van der Waals surface area contributed by atoms with Crippen molar-refractivity contribution in [1.82, 2.24) is 15.5 Å². The highest BCUT2D eigenvalue weighted by molar-refractivity contribution is 5.79. The normalized spacial score (nSPS) is 15.7. The third-order valence-electron chi connectivity index (χ3n) is 3.52. The van der Waals surface area contributed by atoms with E-state index in [-0.39, 0.29) is 0 Å². The van der Waals surface area contributed by atoms with Crippen LogP contribution in [0.5, 0.6) is 0 Å². The lowest BCUT2D eigenvalue weighted by molar-refractivity contribution is 0.180. The number of methoxy groups -OCH3 is 1. The second-order valence-electron chi connectivity index (χ2n) is 5.57. The van der Waals surface area contributed by atoms with Crippen molar-refractivity contribution in [3.8, 4) is 0 Å². The molecular weight excluding hydrogens is 252 g/mol. The molecule has 0 spiro atoms. The highest BCUT2D eigenvalue weighted by atomic mass is 16.5. The van der Waals surface area contributed by atoms with Crippen LogP contribution in [0.1, 0.15) is 32.6 Å². The van der Waals surface area contributed by atoms with Crippen LogP contribution < -0.4 is 10.6 Å². The van der Waals surface area contributed by atoms with Gasteiger partial charge in [0, 0.05) is 46.4 Å². The molecule has 0 bridgehead atoms. The third-order valence-corrected chi connectivity index (χ3v) is 3.52. The van der Waals surface area contributed by atoms with E-state index >= 15 is 0 Å². The van der Waals surface area contributed by atoms with Crippen LogP contribution in [0.3, 0.4) is 0 Å². The number of rotatable bonds is 11. The second-order valence-corrected chi connectivity index (χ2v) is 5.57. The minimum absolute atomic E-state index is 0.836. The molecule has 1 aliphatic rings. The second kappa shape index (κ2) is 10.9. The van der Waals surface area contributed by atoms with Crippen LogP contribution in [0.25, 0.3) is 0 Å². The SMILES string of the molecule is CCNC(=NCCC1CC1)NCCN(C)CCCOC. The van der Waals surface area contributed by atoms with Crippen molar-refractivity contribution in [2.24, 2.45) is 10.9 Å². The Morgan fingerprint density at radius 1 is 1.30 bits per heavy atom. The highest BCUT2D eigenvalue weighted by Crippen LogP contribution is 2.31. The maximum atomic E-state index is 5.06. The van der Waals surface area contributed by atoms with Crippen molar-refractivity contribution in [3.63, 3.8) is 0 Å². The molecule has 0 unspecified atom stereocenters. The molecule has 1 saturated carbocycles. The zero-order chi connectivity index (χ0) is 14.6. The van der Waals surface area contributed by atoms with Gasteiger partial charge in [-0.3, -0.25) is 4.99 Å². The van der Waals surface area contributed by atoms with Crippen LogP contribution in [-0.4, -0.2) is 64.3 Å². The van der Waals surface area contributed by atoms with E-state index in [9.17, 15) is 0 Å². The largest absolute Gasteiger partial charge is 0.385 e. The summed E-state index contributed by atoms with van der Waals surface area (Å²) in [7, 11) is 3.90. The first-order chi connectivity index (χ1) is 9.76. The smallest absolute Gasteiger partial charge is 0.191 e. The van der Waals surface area contributed by atoms with Gasteiger partial charge in [-0.05, 0) is 32.7 Å². The topological polar surface area (TPSA) is 48.9 Å². The van der Waals surface area contributed by atoms with Crippen molar-refractivity contribution < 1.29 is 4.74 Å². The lowest BCUT2D eigenvalue weighted by atomic mass is 10.3. The summed E-state index contributed by atoms with van der Waals surface area (Å²) in [4.78, 5) is 6.94. The summed E-state index contributed by atoms with van der Waals surface area (Å²) in [5.41, 5.74) is 0. The van der Waals surface area contributed by atoms with E-state index in [4.69, 9.17) is 4.74 Å². The zero-order valence-electron chi connectivity index (χ0n) is 13.5. The summed E-state index contributed by atoms with van der Waals surface area (Å²) in [6, 6.07) is 0. The van der Waals surface area contributed by atoms with Gasteiger partial charge in [-0.25, -0.2) is 0 Å². The summed E-state index contributed by atoms with van der Waals surface area (Å²) in [6.45, 7) is 7.83. The minimum Gasteiger partial charge on any atom is -0.385 e. The van der Waals surface area contributed by atoms with Gasteiger partial charge in [0.05, 0.1) is 0 Å². The lowest BCUT2D eigenvalue weighted by Crippen LogP contribution is -2.41. The van der Waals surface area contributed by atoms with Crippen LogP contribution in [0.15, 0.2) is 4.99 Å². The van der Waals surface area contributed by atoms with Gasteiger partial charge < -0.3 is 20.3 Å². The lowest BCUT2D eigenvalue weighted by Gasteiger charge is -2.18. The maximum Gasteiger partial charge on any atom is 0.191 e. The molecule has 0 saturated heterocycles. The van der Waals surface area contributed by atoms with E-state index in [1.54, 1.807) is 7.11 Å². The van der Waals surface area contributed by atoms with Crippen LogP contribution in [0.4, 0.5) is 0 Å². The van der Waals surface area contributed by atoms with Crippen LogP contribution >= 0.6 is 0 Å². The van der Waals surface area contributed by atoms with Crippen LogP contribution in [0.2, 0.25) is 0 Å². The van der Waals surface area contributed by atoms with Crippen molar-refractivity contribution >= 4 is 5.96 Å². The van der Waals surface area contributed by atoms with Gasteiger partial charge in [0.25, 0.3) is 0 Å². The number of guanidine groups is 1. The van der Waals surface area contributed by atoms with E-state index in [0.717, 1.165) is 57.6 Å². The Labute approximate surface area is 124 Å². The predicted molar refractivity (Wildman–Crippen MR) is 85.3 cm³/mol. The fourth-order valence-corrected chi connectivity index (χ4v) is 2.06. The quantitative estimate of drug-likeness (QED) is 0.341. The van der Waals surface area contributed by atoms with Gasteiger partial charge in [0.15, 0.2) is 5.96 Å². The van der Waals surface area contributed by atoms with E-state index in [0.29, 0.717) is 0 Å². The standard InChI is InChI=1S/C15H32N4O/c1-4-16-15(17-9-8-14-6-7-14)18-10-12-19(2)11-5-13-20-3/h14H,4-13H2,1-3H3,(H2,16,17,18). The van der Waals surface area contributed by atoms with Gasteiger partial charge in [-0.1, -0.05) is 12.8 Å². The van der Waals surface area contributed by atoms with E-state index in [2.05, 4.69) is 34.5 Å². The average molecular weight is 284 g/mol. The number of nitrogens with one attached hydrogen (secondary N) is 2. The Morgan fingerprint density at radius 3 is 2.75 bits per heavy atom. The van der Waals surface area contributed by atoms with Crippen LogP contribution in [0, 0.1) is 5.92 Å². The molecule has 0 aliphatic heterocycles. The van der Waals surface area contributed by atoms with Crippen molar-refractivity contribution in [2.45, 2.75) is 32.6 Å². The average Bonchev–Trinajstić information content (AvgIpc) is 3.23. The summed E-state index contributed by atoms with van der Waals surface area (Å²) < 4.78 is 5.06. The van der Waals surface area contributed by atoms with Crippen molar-refractivity contribution in [3.05, 3.63) is 0 Å². The van der Waals surface area contributed by atoms with Gasteiger partial charge >= 0.3 is 0 Å². The third kappa shape index (κ3) is 9.15. The Morgan fingerprint density at radius 2 is 2.10 bits per heavy atom. The molecule has 0 atom stereocenters. The molecule has 0 aromatic heterocycles. The molecule has 0 radical (unpaired) electrons.